The molecule has 0 atom stereocenters. The van der Waals surface area contributed by atoms with Gasteiger partial charge in [-0.2, -0.15) is 5.26 Å². The van der Waals surface area contributed by atoms with Crippen LogP contribution in [0.4, 0.5) is 10.1 Å². The van der Waals surface area contributed by atoms with Crippen LogP contribution in [0.5, 0.6) is 0 Å². The lowest BCUT2D eigenvalue weighted by molar-refractivity contribution is -0.384. The molecule has 0 fully saturated rings. The van der Waals surface area contributed by atoms with Crippen molar-refractivity contribution in [2.75, 3.05) is 0 Å². The van der Waals surface area contributed by atoms with Crippen molar-refractivity contribution in [2.45, 2.75) is 13.8 Å². The molecule has 1 heterocycles. The van der Waals surface area contributed by atoms with Gasteiger partial charge in [0.05, 0.1) is 22.3 Å². The van der Waals surface area contributed by atoms with Crippen LogP contribution >= 0.6 is 0 Å². The van der Waals surface area contributed by atoms with E-state index in [-0.39, 0.29) is 16.8 Å². The summed E-state index contributed by atoms with van der Waals surface area (Å²) < 4.78 is 15.9. The van der Waals surface area contributed by atoms with Crippen LogP contribution in [0.2, 0.25) is 0 Å². The number of nitro groups is 1. The number of aromatic nitrogens is 1. The van der Waals surface area contributed by atoms with Gasteiger partial charge in [0.15, 0.2) is 0 Å². The van der Waals surface area contributed by atoms with Gasteiger partial charge in [0.25, 0.3) is 5.69 Å². The molecule has 3 rings (SSSR count). The smallest absolute Gasteiger partial charge is 0.271 e. The summed E-state index contributed by atoms with van der Waals surface area (Å²) in [6.07, 6.45) is 1.63. The monoisotopic (exact) mass is 361 g/mol. The highest BCUT2D eigenvalue weighted by atomic mass is 19.1. The van der Waals surface area contributed by atoms with Gasteiger partial charge in [-0.05, 0) is 43.7 Å². The number of hydrogen-bond acceptors (Lipinski definition) is 3. The fourth-order valence-corrected chi connectivity index (χ4v) is 3.08. The molecule has 5 nitrogen and oxygen atoms in total. The molecule has 0 aliphatic carbocycles. The molecule has 0 unspecified atom stereocenters. The third-order valence-electron chi connectivity index (χ3n) is 4.35. The summed E-state index contributed by atoms with van der Waals surface area (Å²) in [4.78, 5) is 10.6. The Kier molecular flexibility index (Phi) is 4.86. The molecule has 6 heteroatoms. The van der Waals surface area contributed by atoms with Crippen LogP contribution in [-0.4, -0.2) is 9.49 Å². The number of aryl methyl sites for hydroxylation is 1. The topological polar surface area (TPSA) is 71.9 Å². The van der Waals surface area contributed by atoms with Gasteiger partial charge in [-0.1, -0.05) is 24.3 Å². The summed E-state index contributed by atoms with van der Waals surface area (Å²) in [5, 5.41) is 20.5. The van der Waals surface area contributed by atoms with Gasteiger partial charge < -0.3 is 4.57 Å². The molecule has 0 N–H and O–H groups in total. The van der Waals surface area contributed by atoms with Gasteiger partial charge in [-0.25, -0.2) is 4.39 Å². The molecule has 2 aromatic carbocycles. The van der Waals surface area contributed by atoms with Crippen LogP contribution in [0.3, 0.4) is 0 Å². The number of rotatable bonds is 4. The Morgan fingerprint density at radius 1 is 1.19 bits per heavy atom. The number of nitrogens with zero attached hydrogens (tertiary/aromatic N) is 3. The molecule has 0 saturated heterocycles. The molecule has 0 aliphatic heterocycles. The SMILES string of the molecule is Cc1cc(/C=C(/C#N)c2ccccc2F)c(C)n1-c1cccc([N+](=O)[O-])c1. The molecule has 0 saturated carbocycles. The summed E-state index contributed by atoms with van der Waals surface area (Å²) in [5.41, 5.74) is 3.51. The number of nitro benzene ring substituents is 1. The van der Waals surface area contributed by atoms with E-state index in [9.17, 15) is 19.8 Å². The van der Waals surface area contributed by atoms with Crippen molar-refractivity contribution < 1.29 is 9.31 Å². The second-order valence-electron chi connectivity index (χ2n) is 6.09. The average Bonchev–Trinajstić information content (AvgIpc) is 2.93. The van der Waals surface area contributed by atoms with E-state index in [4.69, 9.17) is 0 Å². The Hall–Kier alpha value is -3.72. The Morgan fingerprint density at radius 3 is 2.59 bits per heavy atom. The van der Waals surface area contributed by atoms with Gasteiger partial charge in [0, 0.05) is 29.1 Å². The highest BCUT2D eigenvalue weighted by Gasteiger charge is 2.14. The number of benzene rings is 2. The first-order valence-corrected chi connectivity index (χ1v) is 8.23. The van der Waals surface area contributed by atoms with Crippen LogP contribution in [0.1, 0.15) is 22.5 Å². The van der Waals surface area contributed by atoms with Crippen LogP contribution in [-0.2, 0) is 0 Å². The average molecular weight is 361 g/mol. The molecule has 1 aromatic heterocycles. The van der Waals surface area contributed by atoms with E-state index in [1.807, 2.05) is 30.6 Å². The zero-order valence-corrected chi connectivity index (χ0v) is 14.8. The van der Waals surface area contributed by atoms with E-state index in [2.05, 4.69) is 0 Å². The van der Waals surface area contributed by atoms with Crippen molar-refractivity contribution >= 4 is 17.3 Å². The van der Waals surface area contributed by atoms with Gasteiger partial charge >= 0.3 is 0 Å². The fraction of sp³-hybridized carbons (Fsp3) is 0.0952. The van der Waals surface area contributed by atoms with Crippen molar-refractivity contribution in [3.63, 3.8) is 0 Å². The summed E-state index contributed by atoms with van der Waals surface area (Å²) >= 11 is 0. The van der Waals surface area contributed by atoms with E-state index >= 15 is 0 Å². The minimum Gasteiger partial charge on any atom is -0.318 e. The molecular weight excluding hydrogens is 345 g/mol. The van der Waals surface area contributed by atoms with Crippen molar-refractivity contribution in [2.24, 2.45) is 0 Å². The summed E-state index contributed by atoms with van der Waals surface area (Å²) in [6, 6.07) is 16.4. The third kappa shape index (κ3) is 3.48. The van der Waals surface area contributed by atoms with E-state index in [0.29, 0.717) is 5.69 Å². The molecule has 0 bridgehead atoms. The van der Waals surface area contributed by atoms with Crippen LogP contribution in [0.15, 0.2) is 54.6 Å². The Balaban J connectivity index is 2.11. The quantitative estimate of drug-likeness (QED) is 0.364. The molecule has 0 amide bonds. The zero-order valence-electron chi connectivity index (χ0n) is 14.8. The first-order chi connectivity index (χ1) is 12.9. The maximum absolute atomic E-state index is 14.0. The predicted octanol–water partition coefficient (Wildman–Crippen LogP) is 5.21. The third-order valence-corrected chi connectivity index (χ3v) is 4.35. The zero-order chi connectivity index (χ0) is 19.6. The van der Waals surface area contributed by atoms with Gasteiger partial charge in [-0.3, -0.25) is 10.1 Å². The Morgan fingerprint density at radius 2 is 1.93 bits per heavy atom. The van der Waals surface area contributed by atoms with Crippen molar-refractivity contribution in [3.8, 4) is 11.8 Å². The summed E-state index contributed by atoms with van der Waals surface area (Å²) in [5.74, 6) is -0.460. The lowest BCUT2D eigenvalue weighted by atomic mass is 10.0. The van der Waals surface area contributed by atoms with Crippen molar-refractivity contribution in [1.29, 1.82) is 5.26 Å². The lowest BCUT2D eigenvalue weighted by Crippen LogP contribution is -2.00. The highest BCUT2D eigenvalue weighted by Crippen LogP contribution is 2.27. The number of hydrogen-bond donors (Lipinski definition) is 0. The Bertz CT molecular complexity index is 1110. The minimum atomic E-state index is -0.460. The standard InChI is InChI=1S/C21H16FN3O2/c1-14-10-16(11-17(13-23)20-8-3-4-9-21(20)22)15(2)24(14)18-6-5-7-19(12-18)25(26)27/h3-12H,1-2H3/b17-11-. The van der Waals surface area contributed by atoms with Gasteiger partial charge in [0.1, 0.15) is 5.82 Å². The molecule has 27 heavy (non-hydrogen) atoms. The molecule has 3 aromatic rings. The van der Waals surface area contributed by atoms with Crippen LogP contribution < -0.4 is 0 Å². The first-order valence-electron chi connectivity index (χ1n) is 8.23. The second kappa shape index (κ2) is 7.26. The molecular formula is C21H16FN3O2. The highest BCUT2D eigenvalue weighted by molar-refractivity contribution is 5.90. The number of nitriles is 1. The number of halogens is 1. The summed E-state index contributed by atoms with van der Waals surface area (Å²) in [6.45, 7) is 3.73. The number of non-ortho nitro benzene ring substituents is 1. The normalized spacial score (nSPS) is 11.3. The molecule has 134 valence electrons. The number of allylic oxidation sites excluding steroid dienone is 1. The van der Waals surface area contributed by atoms with Gasteiger partial charge in [0.2, 0.25) is 0 Å². The van der Waals surface area contributed by atoms with Crippen LogP contribution in [0.25, 0.3) is 17.3 Å². The van der Waals surface area contributed by atoms with E-state index in [1.54, 1.807) is 36.4 Å². The fourth-order valence-electron chi connectivity index (χ4n) is 3.08. The molecule has 0 radical (unpaired) electrons. The summed E-state index contributed by atoms with van der Waals surface area (Å²) in [7, 11) is 0. The van der Waals surface area contributed by atoms with Crippen molar-refractivity contribution in [1.82, 2.24) is 4.57 Å². The van der Waals surface area contributed by atoms with Crippen molar-refractivity contribution in [3.05, 3.63) is 93.0 Å². The van der Waals surface area contributed by atoms with Gasteiger partial charge in [-0.15, -0.1) is 0 Å². The van der Waals surface area contributed by atoms with E-state index < -0.39 is 10.7 Å². The lowest BCUT2D eigenvalue weighted by Gasteiger charge is -2.09. The maximum atomic E-state index is 14.0. The maximum Gasteiger partial charge on any atom is 0.271 e. The second-order valence-corrected chi connectivity index (χ2v) is 6.09. The minimum absolute atomic E-state index is 0.00108. The predicted molar refractivity (Wildman–Crippen MR) is 102 cm³/mol. The molecule has 0 spiro atoms. The van der Waals surface area contributed by atoms with E-state index in [0.717, 1.165) is 17.0 Å². The van der Waals surface area contributed by atoms with Crippen LogP contribution in [0, 0.1) is 41.1 Å². The van der Waals surface area contributed by atoms with E-state index in [1.165, 1.54) is 18.2 Å². The largest absolute Gasteiger partial charge is 0.318 e. The first kappa shape index (κ1) is 18.1. The Labute approximate surface area is 155 Å². The molecule has 0 aliphatic rings.